The number of piperidine rings is 2. The molecule has 19 heavy (non-hydrogen) atoms. The SMILES string of the molecule is CC1C(C)C2CC(=O)CC(C)N2C2CCC(Cl)CC12. The third-order valence-electron chi connectivity index (χ3n) is 6.14. The normalized spacial score (nSPS) is 51.6. The van der Waals surface area contributed by atoms with E-state index in [2.05, 4.69) is 25.7 Å². The van der Waals surface area contributed by atoms with Crippen LogP contribution in [-0.4, -0.2) is 34.2 Å². The molecular weight excluding hydrogens is 258 g/mol. The molecule has 0 aromatic heterocycles. The molecule has 7 unspecified atom stereocenters. The molecule has 7 atom stereocenters. The highest BCUT2D eigenvalue weighted by molar-refractivity contribution is 6.20. The van der Waals surface area contributed by atoms with E-state index in [0.29, 0.717) is 41.1 Å². The number of Topliss-reactive ketones (excluding diaryl/α,β-unsaturated/α-hetero) is 1. The lowest BCUT2D eigenvalue weighted by atomic mass is 9.64. The molecule has 3 heteroatoms. The zero-order valence-electron chi connectivity index (χ0n) is 12.3. The Balaban J connectivity index is 1.90. The van der Waals surface area contributed by atoms with Gasteiger partial charge in [-0.1, -0.05) is 13.8 Å². The number of nitrogens with zero attached hydrogens (tertiary/aromatic N) is 1. The Morgan fingerprint density at radius 2 is 1.79 bits per heavy atom. The van der Waals surface area contributed by atoms with Gasteiger partial charge in [0.25, 0.3) is 0 Å². The van der Waals surface area contributed by atoms with Crippen molar-refractivity contribution in [1.82, 2.24) is 4.90 Å². The van der Waals surface area contributed by atoms with Gasteiger partial charge in [0.1, 0.15) is 5.78 Å². The van der Waals surface area contributed by atoms with Gasteiger partial charge in [-0.2, -0.15) is 0 Å². The van der Waals surface area contributed by atoms with Crippen LogP contribution in [0.15, 0.2) is 0 Å². The molecule has 0 spiro atoms. The molecule has 1 aliphatic carbocycles. The Bertz CT molecular complexity index is 372. The molecule has 1 saturated carbocycles. The predicted octanol–water partition coefficient (Wildman–Crippen LogP) is 3.47. The standard InChI is InChI=1S/C16H26ClNO/c1-9-6-13(19)8-16-11(3)10(2)14-7-12(17)4-5-15(14)18(9)16/h9-12,14-16H,4-8H2,1-3H3. The van der Waals surface area contributed by atoms with Crippen LogP contribution in [0.4, 0.5) is 0 Å². The summed E-state index contributed by atoms with van der Waals surface area (Å²) < 4.78 is 0. The average Bonchev–Trinajstić information content (AvgIpc) is 2.35. The first-order valence-electron chi connectivity index (χ1n) is 7.92. The first-order chi connectivity index (χ1) is 8.99. The number of ketones is 1. The van der Waals surface area contributed by atoms with Crippen molar-refractivity contribution >= 4 is 17.4 Å². The van der Waals surface area contributed by atoms with Gasteiger partial charge < -0.3 is 0 Å². The van der Waals surface area contributed by atoms with Crippen molar-refractivity contribution in [3.63, 3.8) is 0 Å². The fourth-order valence-electron chi connectivity index (χ4n) is 5.03. The van der Waals surface area contributed by atoms with Crippen molar-refractivity contribution < 1.29 is 4.79 Å². The summed E-state index contributed by atoms with van der Waals surface area (Å²) in [7, 11) is 0. The van der Waals surface area contributed by atoms with Crippen LogP contribution in [0.25, 0.3) is 0 Å². The average molecular weight is 284 g/mol. The topological polar surface area (TPSA) is 20.3 Å². The van der Waals surface area contributed by atoms with Crippen LogP contribution in [0.1, 0.15) is 52.9 Å². The van der Waals surface area contributed by atoms with Crippen molar-refractivity contribution in [2.45, 2.75) is 76.4 Å². The number of hydrogen-bond acceptors (Lipinski definition) is 2. The van der Waals surface area contributed by atoms with E-state index in [1.807, 2.05) is 0 Å². The zero-order valence-corrected chi connectivity index (χ0v) is 13.1. The molecule has 3 rings (SSSR count). The fourth-order valence-corrected chi connectivity index (χ4v) is 5.36. The molecular formula is C16H26ClNO. The van der Waals surface area contributed by atoms with E-state index in [9.17, 15) is 4.79 Å². The number of carbonyl (C=O) groups is 1. The van der Waals surface area contributed by atoms with Gasteiger partial charge >= 0.3 is 0 Å². The minimum atomic E-state index is 0.370. The second-order valence-corrected chi connectivity index (χ2v) is 7.79. The quantitative estimate of drug-likeness (QED) is 0.635. The van der Waals surface area contributed by atoms with Crippen molar-refractivity contribution in [3.8, 4) is 0 Å². The molecule has 2 nitrogen and oxygen atoms in total. The number of rotatable bonds is 0. The van der Waals surface area contributed by atoms with Gasteiger partial charge in [-0.3, -0.25) is 9.69 Å². The minimum Gasteiger partial charge on any atom is -0.300 e. The maximum atomic E-state index is 11.9. The maximum absolute atomic E-state index is 11.9. The van der Waals surface area contributed by atoms with Crippen LogP contribution in [-0.2, 0) is 4.79 Å². The second kappa shape index (κ2) is 5.04. The van der Waals surface area contributed by atoms with Gasteiger partial charge in [0.15, 0.2) is 0 Å². The zero-order chi connectivity index (χ0) is 13.7. The highest BCUT2D eigenvalue weighted by atomic mass is 35.5. The summed E-state index contributed by atoms with van der Waals surface area (Å²) in [4.78, 5) is 14.7. The molecule has 2 heterocycles. The van der Waals surface area contributed by atoms with E-state index in [-0.39, 0.29) is 0 Å². The minimum absolute atomic E-state index is 0.370. The van der Waals surface area contributed by atoms with E-state index >= 15 is 0 Å². The summed E-state index contributed by atoms with van der Waals surface area (Å²) in [6.45, 7) is 6.98. The molecule has 0 N–H and O–H groups in total. The molecule has 2 saturated heterocycles. The molecule has 108 valence electrons. The largest absolute Gasteiger partial charge is 0.300 e. The Labute approximate surface area is 121 Å². The van der Waals surface area contributed by atoms with E-state index in [1.54, 1.807) is 0 Å². The van der Waals surface area contributed by atoms with Crippen LogP contribution in [0.2, 0.25) is 0 Å². The van der Waals surface area contributed by atoms with E-state index in [0.717, 1.165) is 25.2 Å². The first-order valence-corrected chi connectivity index (χ1v) is 8.36. The molecule has 0 radical (unpaired) electrons. The maximum Gasteiger partial charge on any atom is 0.136 e. The van der Waals surface area contributed by atoms with Gasteiger partial charge in [-0.05, 0) is 43.9 Å². The lowest BCUT2D eigenvalue weighted by Crippen LogP contribution is -2.64. The second-order valence-electron chi connectivity index (χ2n) is 7.17. The van der Waals surface area contributed by atoms with E-state index in [4.69, 9.17) is 11.6 Å². The number of carbonyl (C=O) groups excluding carboxylic acids is 1. The van der Waals surface area contributed by atoms with Crippen LogP contribution in [0.5, 0.6) is 0 Å². The molecule has 3 fully saturated rings. The Morgan fingerprint density at radius 1 is 1.05 bits per heavy atom. The van der Waals surface area contributed by atoms with Gasteiger partial charge in [0, 0.05) is 36.3 Å². The smallest absolute Gasteiger partial charge is 0.136 e. The van der Waals surface area contributed by atoms with Gasteiger partial charge in [0.2, 0.25) is 0 Å². The fraction of sp³-hybridized carbons (Fsp3) is 0.938. The molecule has 0 bridgehead atoms. The number of fused-ring (bicyclic) bond motifs is 3. The third-order valence-corrected chi connectivity index (χ3v) is 6.54. The molecule has 2 aliphatic heterocycles. The van der Waals surface area contributed by atoms with Crippen LogP contribution in [0.3, 0.4) is 0 Å². The summed E-state index contributed by atoms with van der Waals surface area (Å²) >= 11 is 6.41. The molecule has 0 aromatic carbocycles. The summed E-state index contributed by atoms with van der Waals surface area (Å²) in [5.74, 6) is 2.52. The lowest BCUT2D eigenvalue weighted by molar-refractivity contribution is -0.137. The number of alkyl halides is 1. The van der Waals surface area contributed by atoms with Gasteiger partial charge in [0.05, 0.1) is 0 Å². The Kier molecular flexibility index (Phi) is 3.68. The predicted molar refractivity (Wildman–Crippen MR) is 78.4 cm³/mol. The van der Waals surface area contributed by atoms with Crippen molar-refractivity contribution in [3.05, 3.63) is 0 Å². The van der Waals surface area contributed by atoms with Crippen molar-refractivity contribution in [2.24, 2.45) is 17.8 Å². The van der Waals surface area contributed by atoms with Crippen molar-refractivity contribution in [1.29, 1.82) is 0 Å². The Hall–Kier alpha value is -0.0800. The van der Waals surface area contributed by atoms with Gasteiger partial charge in [-0.25, -0.2) is 0 Å². The van der Waals surface area contributed by atoms with E-state index < -0.39 is 0 Å². The van der Waals surface area contributed by atoms with E-state index in [1.165, 1.54) is 12.8 Å². The summed E-state index contributed by atoms with van der Waals surface area (Å²) in [5, 5.41) is 0.370. The lowest BCUT2D eigenvalue weighted by Gasteiger charge is -2.58. The van der Waals surface area contributed by atoms with Crippen LogP contribution < -0.4 is 0 Å². The summed E-state index contributed by atoms with van der Waals surface area (Å²) in [5.41, 5.74) is 0. The highest BCUT2D eigenvalue weighted by Crippen LogP contribution is 2.48. The summed E-state index contributed by atoms with van der Waals surface area (Å²) in [6.07, 6.45) is 5.08. The van der Waals surface area contributed by atoms with Crippen LogP contribution >= 0.6 is 11.6 Å². The highest BCUT2D eigenvalue weighted by Gasteiger charge is 2.50. The first kappa shape index (κ1) is 13.9. The third kappa shape index (κ3) is 2.25. The van der Waals surface area contributed by atoms with Gasteiger partial charge in [-0.15, -0.1) is 11.6 Å². The molecule has 0 amide bonds. The number of halogens is 1. The van der Waals surface area contributed by atoms with Crippen LogP contribution in [0, 0.1) is 17.8 Å². The van der Waals surface area contributed by atoms with Crippen molar-refractivity contribution in [2.75, 3.05) is 0 Å². The molecule has 0 aromatic rings. The monoisotopic (exact) mass is 283 g/mol. The summed E-state index contributed by atoms with van der Waals surface area (Å²) in [6, 6.07) is 1.59. The molecule has 3 aliphatic rings. The Morgan fingerprint density at radius 3 is 2.53 bits per heavy atom. The number of hydrogen-bond donors (Lipinski definition) is 0.